The van der Waals surface area contributed by atoms with Gasteiger partial charge in [-0.2, -0.15) is 0 Å². The Hall–Kier alpha value is -3.24. The first-order chi connectivity index (χ1) is 15.9. The van der Waals surface area contributed by atoms with Gasteiger partial charge in [-0.3, -0.25) is 9.69 Å². The van der Waals surface area contributed by atoms with Gasteiger partial charge in [-0.05, 0) is 47.9 Å². The van der Waals surface area contributed by atoms with Crippen LogP contribution in [0, 0.1) is 0 Å². The summed E-state index contributed by atoms with van der Waals surface area (Å²) in [4.78, 5) is 25.7. The van der Waals surface area contributed by atoms with Crippen LogP contribution in [0.15, 0.2) is 41.3 Å². The number of thioether (sulfide) groups is 1. The van der Waals surface area contributed by atoms with Gasteiger partial charge in [-0.1, -0.05) is 36.1 Å². The molecule has 10 heteroatoms. The number of carbonyl (C=O) groups is 2. The highest BCUT2D eigenvalue weighted by atomic mass is 32.2. The van der Waals surface area contributed by atoms with Crippen molar-refractivity contribution >= 4 is 46.3 Å². The van der Waals surface area contributed by atoms with Gasteiger partial charge in [0.25, 0.3) is 5.91 Å². The van der Waals surface area contributed by atoms with Gasteiger partial charge in [0.05, 0.1) is 26.2 Å². The summed E-state index contributed by atoms with van der Waals surface area (Å²) in [6, 6.07) is 10.6. The van der Waals surface area contributed by atoms with Crippen LogP contribution >= 0.6 is 24.0 Å². The number of benzene rings is 2. The van der Waals surface area contributed by atoms with Gasteiger partial charge < -0.3 is 24.1 Å². The highest BCUT2D eigenvalue weighted by molar-refractivity contribution is 8.26. The molecule has 0 saturated carbocycles. The van der Waals surface area contributed by atoms with E-state index in [-0.39, 0.29) is 5.91 Å². The summed E-state index contributed by atoms with van der Waals surface area (Å²) >= 11 is 6.66. The maximum absolute atomic E-state index is 12.9. The van der Waals surface area contributed by atoms with Crippen LogP contribution in [0.4, 0.5) is 0 Å². The van der Waals surface area contributed by atoms with E-state index < -0.39 is 12.6 Å². The Kier molecular flexibility index (Phi) is 8.18. The fourth-order valence-corrected chi connectivity index (χ4v) is 4.46. The second-order valence-electron chi connectivity index (χ2n) is 6.87. The number of ether oxygens (including phenoxy) is 4. The van der Waals surface area contributed by atoms with E-state index in [4.69, 9.17) is 36.3 Å². The van der Waals surface area contributed by atoms with Crippen LogP contribution in [0.5, 0.6) is 23.0 Å². The number of carboxylic acid groups (broad SMARTS) is 1. The SMILES string of the molecule is COc1ccc(CCN2C(=O)/C(=C\c3ccc(OCC(=O)O)c(OC)c3)SC2=S)cc1OC. The predicted octanol–water partition coefficient (Wildman–Crippen LogP) is 3.62. The van der Waals surface area contributed by atoms with Crippen molar-refractivity contribution in [2.45, 2.75) is 6.42 Å². The first kappa shape index (κ1) is 24.4. The molecule has 0 spiro atoms. The smallest absolute Gasteiger partial charge is 0.341 e. The molecule has 0 bridgehead atoms. The van der Waals surface area contributed by atoms with E-state index in [1.165, 1.54) is 18.9 Å². The number of hydrogen-bond acceptors (Lipinski definition) is 8. The zero-order valence-corrected chi connectivity index (χ0v) is 20.0. The first-order valence-electron chi connectivity index (χ1n) is 9.85. The van der Waals surface area contributed by atoms with Crippen LogP contribution in [0.25, 0.3) is 6.08 Å². The molecule has 2 aromatic carbocycles. The van der Waals surface area contributed by atoms with Crippen molar-refractivity contribution < 1.29 is 33.6 Å². The molecule has 1 amide bonds. The summed E-state index contributed by atoms with van der Waals surface area (Å²) < 4.78 is 21.6. The first-order valence-corrected chi connectivity index (χ1v) is 11.1. The van der Waals surface area contributed by atoms with Gasteiger partial charge in [-0.25, -0.2) is 4.79 Å². The quantitative estimate of drug-likeness (QED) is 0.397. The molecule has 174 valence electrons. The van der Waals surface area contributed by atoms with Crippen molar-refractivity contribution in [3.05, 3.63) is 52.4 Å². The maximum atomic E-state index is 12.9. The summed E-state index contributed by atoms with van der Waals surface area (Å²) in [6.45, 7) is -0.0444. The minimum absolute atomic E-state index is 0.171. The number of rotatable bonds is 10. The molecule has 2 aromatic rings. The summed E-state index contributed by atoms with van der Waals surface area (Å²) in [6.07, 6.45) is 2.32. The molecule has 1 fully saturated rings. The Morgan fingerprint density at radius 3 is 2.36 bits per heavy atom. The van der Waals surface area contributed by atoms with Crippen LogP contribution in [0.1, 0.15) is 11.1 Å². The molecule has 3 rings (SSSR count). The summed E-state index contributed by atoms with van der Waals surface area (Å²) in [5, 5.41) is 8.78. The second kappa shape index (κ2) is 11.1. The molecule has 33 heavy (non-hydrogen) atoms. The van der Waals surface area contributed by atoms with Crippen molar-refractivity contribution in [1.82, 2.24) is 4.90 Å². The summed E-state index contributed by atoms with van der Waals surface area (Å²) in [5.41, 5.74) is 1.70. The molecule has 1 aliphatic rings. The molecule has 0 atom stereocenters. The lowest BCUT2D eigenvalue weighted by Crippen LogP contribution is -2.30. The lowest BCUT2D eigenvalue weighted by atomic mass is 10.1. The van der Waals surface area contributed by atoms with Gasteiger partial charge in [0.15, 0.2) is 29.6 Å². The third kappa shape index (κ3) is 5.96. The summed E-state index contributed by atoms with van der Waals surface area (Å²) in [5.74, 6) is 0.691. The Labute approximate surface area is 201 Å². The minimum Gasteiger partial charge on any atom is -0.493 e. The zero-order valence-electron chi connectivity index (χ0n) is 18.3. The Morgan fingerprint density at radius 2 is 1.70 bits per heavy atom. The van der Waals surface area contributed by atoms with E-state index in [0.717, 1.165) is 5.56 Å². The van der Waals surface area contributed by atoms with Gasteiger partial charge in [0.2, 0.25) is 0 Å². The number of nitrogens with zero attached hydrogens (tertiary/aromatic N) is 1. The number of methoxy groups -OCH3 is 3. The van der Waals surface area contributed by atoms with Gasteiger partial charge in [0, 0.05) is 6.54 Å². The third-order valence-electron chi connectivity index (χ3n) is 4.78. The highest BCUT2D eigenvalue weighted by Gasteiger charge is 2.31. The molecule has 8 nitrogen and oxygen atoms in total. The molecule has 0 unspecified atom stereocenters. The summed E-state index contributed by atoms with van der Waals surface area (Å²) in [7, 11) is 4.62. The van der Waals surface area contributed by atoms with Crippen LogP contribution in [0.3, 0.4) is 0 Å². The molecule has 0 radical (unpaired) electrons. The fourth-order valence-electron chi connectivity index (χ4n) is 3.15. The van der Waals surface area contributed by atoms with Crippen LogP contribution in [0.2, 0.25) is 0 Å². The van der Waals surface area contributed by atoms with E-state index in [9.17, 15) is 9.59 Å². The van der Waals surface area contributed by atoms with Crippen molar-refractivity contribution in [1.29, 1.82) is 0 Å². The lowest BCUT2D eigenvalue weighted by molar-refractivity contribution is -0.139. The van der Waals surface area contributed by atoms with E-state index in [1.807, 2.05) is 18.2 Å². The van der Waals surface area contributed by atoms with E-state index in [1.54, 1.807) is 43.4 Å². The number of carboxylic acids is 1. The van der Waals surface area contributed by atoms with Crippen LogP contribution < -0.4 is 18.9 Å². The molecule has 1 aliphatic heterocycles. The lowest BCUT2D eigenvalue weighted by Gasteiger charge is -2.15. The molecular weight excluding hydrogens is 466 g/mol. The van der Waals surface area contributed by atoms with Crippen LogP contribution in [-0.2, 0) is 16.0 Å². The average Bonchev–Trinajstić information content (AvgIpc) is 3.08. The standard InChI is InChI=1S/C23H23NO7S2/c1-28-16-6-4-14(10-18(16)29-2)8-9-24-22(27)20(33-23(24)32)12-15-5-7-17(19(11-15)30-3)31-13-21(25)26/h4-7,10-12H,8-9,13H2,1-3H3,(H,25,26)/b20-12+. The van der Waals surface area contributed by atoms with Crippen molar-refractivity contribution in [3.63, 3.8) is 0 Å². The number of amides is 1. The number of carbonyl (C=O) groups excluding carboxylic acids is 1. The van der Waals surface area contributed by atoms with Crippen molar-refractivity contribution in [2.24, 2.45) is 0 Å². The normalized spacial score (nSPS) is 14.5. The fraction of sp³-hybridized carbons (Fsp3) is 0.261. The maximum Gasteiger partial charge on any atom is 0.341 e. The van der Waals surface area contributed by atoms with E-state index in [2.05, 4.69) is 0 Å². The molecule has 0 aliphatic carbocycles. The average molecular weight is 490 g/mol. The van der Waals surface area contributed by atoms with Crippen LogP contribution in [-0.4, -0.2) is 60.7 Å². The Balaban J connectivity index is 1.71. The van der Waals surface area contributed by atoms with Gasteiger partial charge in [-0.15, -0.1) is 0 Å². The number of thiocarbonyl (C=S) groups is 1. The van der Waals surface area contributed by atoms with Crippen molar-refractivity contribution in [2.75, 3.05) is 34.5 Å². The van der Waals surface area contributed by atoms with E-state index >= 15 is 0 Å². The topological polar surface area (TPSA) is 94.5 Å². The largest absolute Gasteiger partial charge is 0.493 e. The number of hydrogen-bond donors (Lipinski definition) is 1. The third-order valence-corrected chi connectivity index (χ3v) is 6.16. The van der Waals surface area contributed by atoms with Gasteiger partial charge >= 0.3 is 5.97 Å². The minimum atomic E-state index is -1.09. The Morgan fingerprint density at radius 1 is 1.03 bits per heavy atom. The molecule has 1 N–H and O–H groups in total. The highest BCUT2D eigenvalue weighted by Crippen LogP contribution is 2.35. The molecule has 1 saturated heterocycles. The zero-order chi connectivity index (χ0) is 24.0. The molecule has 0 aromatic heterocycles. The number of aliphatic carboxylic acids is 1. The molecule has 1 heterocycles. The molecular formula is C23H23NO7S2. The Bertz CT molecular complexity index is 1100. The second-order valence-corrected chi connectivity index (χ2v) is 8.54. The van der Waals surface area contributed by atoms with E-state index in [0.29, 0.717) is 50.8 Å². The monoisotopic (exact) mass is 489 g/mol. The predicted molar refractivity (Wildman–Crippen MR) is 129 cm³/mol. The van der Waals surface area contributed by atoms with Crippen molar-refractivity contribution in [3.8, 4) is 23.0 Å². The van der Waals surface area contributed by atoms with Gasteiger partial charge in [0.1, 0.15) is 4.32 Å².